The first-order chi connectivity index (χ1) is 13.1. The first-order valence-corrected chi connectivity index (χ1v) is 10.4. The molecule has 3 atom stereocenters. The van der Waals surface area contributed by atoms with Crippen LogP contribution >= 0.6 is 0 Å². The van der Waals surface area contributed by atoms with E-state index in [2.05, 4.69) is 0 Å². The maximum Gasteiger partial charge on any atom is 0.244 e. The first-order valence-electron chi connectivity index (χ1n) is 8.96. The zero-order chi connectivity index (χ0) is 18.9. The van der Waals surface area contributed by atoms with Gasteiger partial charge in [-0.3, -0.25) is 0 Å². The van der Waals surface area contributed by atoms with E-state index >= 15 is 0 Å². The Morgan fingerprint density at radius 1 is 0.815 bits per heavy atom. The van der Waals surface area contributed by atoms with Crippen molar-refractivity contribution in [2.24, 2.45) is 0 Å². The topological polar surface area (TPSA) is 37.1 Å². The van der Waals surface area contributed by atoms with Gasteiger partial charge < -0.3 is 0 Å². The molecule has 0 bridgehead atoms. The van der Waals surface area contributed by atoms with Crippen molar-refractivity contribution in [3.63, 3.8) is 0 Å². The van der Waals surface area contributed by atoms with E-state index in [1.165, 1.54) is 0 Å². The van der Waals surface area contributed by atoms with Gasteiger partial charge in [-0.05, 0) is 30.2 Å². The predicted octanol–water partition coefficient (Wildman–Crippen LogP) is 4.82. The second kappa shape index (κ2) is 7.14. The molecule has 4 rings (SSSR count). The molecule has 1 unspecified atom stereocenters. The minimum absolute atomic E-state index is 0.171. The maximum absolute atomic E-state index is 13.2. The van der Waals surface area contributed by atoms with Crippen LogP contribution in [0.2, 0.25) is 0 Å². The summed E-state index contributed by atoms with van der Waals surface area (Å²) in [7, 11) is -3.54. The van der Waals surface area contributed by atoms with E-state index in [4.69, 9.17) is 0 Å². The molecule has 0 N–H and O–H groups in total. The van der Waals surface area contributed by atoms with E-state index in [-0.39, 0.29) is 12.1 Å². The smallest absolute Gasteiger partial charge is 0.207 e. The number of hydrogen-bond acceptors (Lipinski definition) is 2. The van der Waals surface area contributed by atoms with Crippen molar-refractivity contribution in [3.05, 3.63) is 108 Å². The van der Waals surface area contributed by atoms with Crippen LogP contribution in [0.15, 0.2) is 95.9 Å². The van der Waals surface area contributed by atoms with E-state index < -0.39 is 10.0 Å². The molecule has 0 radical (unpaired) electrons. The summed E-state index contributed by atoms with van der Waals surface area (Å²) in [6, 6.07) is 26.3. The van der Waals surface area contributed by atoms with E-state index in [1.54, 1.807) is 28.6 Å². The fourth-order valence-electron chi connectivity index (χ4n) is 3.32. The van der Waals surface area contributed by atoms with E-state index in [9.17, 15) is 8.42 Å². The van der Waals surface area contributed by atoms with Gasteiger partial charge in [0.2, 0.25) is 10.0 Å². The fraction of sp³-hybridized carbons (Fsp3) is 0.130. The van der Waals surface area contributed by atoms with Gasteiger partial charge in [0, 0.05) is 0 Å². The first kappa shape index (κ1) is 17.7. The van der Waals surface area contributed by atoms with Crippen LogP contribution in [-0.4, -0.2) is 18.8 Å². The summed E-state index contributed by atoms with van der Waals surface area (Å²) in [4.78, 5) is 0.331. The lowest BCUT2D eigenvalue weighted by Gasteiger charge is -2.06. The highest BCUT2D eigenvalue weighted by Gasteiger charge is 2.54. The normalized spacial score (nSPS) is 22.0. The molecule has 27 heavy (non-hydrogen) atoms. The molecule has 1 aliphatic rings. The molecule has 1 heterocycles. The van der Waals surface area contributed by atoms with E-state index in [0.29, 0.717) is 4.90 Å². The van der Waals surface area contributed by atoms with Crippen LogP contribution in [0, 0.1) is 6.92 Å². The Labute approximate surface area is 160 Å². The molecule has 3 aromatic rings. The quantitative estimate of drug-likeness (QED) is 0.600. The average molecular weight is 375 g/mol. The Morgan fingerprint density at radius 3 is 2.04 bits per heavy atom. The molecule has 1 aliphatic heterocycles. The molecule has 3 aromatic carbocycles. The Kier molecular flexibility index (Phi) is 4.68. The summed E-state index contributed by atoms with van der Waals surface area (Å²) in [6.07, 6.45) is 3.98. The number of aryl methyl sites for hydroxylation is 1. The highest BCUT2D eigenvalue weighted by molar-refractivity contribution is 7.89. The number of hydrogen-bond donors (Lipinski definition) is 0. The molecule has 0 amide bonds. The molecule has 1 saturated heterocycles. The van der Waals surface area contributed by atoms with Crippen LogP contribution < -0.4 is 0 Å². The highest BCUT2D eigenvalue weighted by Crippen LogP contribution is 2.48. The zero-order valence-electron chi connectivity index (χ0n) is 15.1. The standard InChI is InChI=1S/C23H21NO2S/c1-18-12-15-20(16-13-18)23-22(17-14-19-8-4-2-5-9-19)24(23)27(25,26)21-10-6-3-7-11-21/h2-17,22-23H,1H3/b17-14+/t22-,23+,24?/m0/s1. The molecule has 4 heteroatoms. The number of sulfonamides is 1. The van der Waals surface area contributed by atoms with Gasteiger partial charge in [-0.25, -0.2) is 8.42 Å². The van der Waals surface area contributed by atoms with Crippen LogP contribution in [0.25, 0.3) is 6.08 Å². The van der Waals surface area contributed by atoms with Crippen LogP contribution in [0.4, 0.5) is 0 Å². The van der Waals surface area contributed by atoms with Crippen molar-refractivity contribution in [3.8, 4) is 0 Å². The van der Waals surface area contributed by atoms with Crippen LogP contribution in [0.1, 0.15) is 22.7 Å². The number of nitrogens with zero attached hydrogens (tertiary/aromatic N) is 1. The molecule has 136 valence electrons. The van der Waals surface area contributed by atoms with Gasteiger partial charge in [-0.2, -0.15) is 4.31 Å². The second-order valence-corrected chi connectivity index (χ2v) is 8.61. The summed E-state index contributed by atoms with van der Waals surface area (Å²) in [5.41, 5.74) is 3.24. The minimum Gasteiger partial charge on any atom is -0.207 e. The van der Waals surface area contributed by atoms with Crippen molar-refractivity contribution in [1.82, 2.24) is 4.31 Å². The summed E-state index contributed by atoms with van der Waals surface area (Å²) in [5.74, 6) is 0. The number of rotatable bonds is 5. The van der Waals surface area contributed by atoms with Gasteiger partial charge in [0.25, 0.3) is 0 Å². The monoisotopic (exact) mass is 375 g/mol. The Bertz CT molecular complexity index is 1040. The maximum atomic E-state index is 13.2. The number of benzene rings is 3. The summed E-state index contributed by atoms with van der Waals surface area (Å²) < 4.78 is 27.9. The lowest BCUT2D eigenvalue weighted by atomic mass is 10.1. The van der Waals surface area contributed by atoms with Crippen molar-refractivity contribution in [1.29, 1.82) is 0 Å². The summed E-state index contributed by atoms with van der Waals surface area (Å²) >= 11 is 0. The summed E-state index contributed by atoms with van der Waals surface area (Å²) in [5, 5.41) is 0. The molecule has 0 saturated carbocycles. The minimum atomic E-state index is -3.54. The average Bonchev–Trinajstić information content (AvgIpc) is 3.44. The molecule has 3 nitrogen and oxygen atoms in total. The third-order valence-corrected chi connectivity index (χ3v) is 6.72. The highest BCUT2D eigenvalue weighted by atomic mass is 32.2. The van der Waals surface area contributed by atoms with Crippen molar-refractivity contribution >= 4 is 16.1 Å². The van der Waals surface area contributed by atoms with Gasteiger partial charge >= 0.3 is 0 Å². The second-order valence-electron chi connectivity index (χ2n) is 6.76. The van der Waals surface area contributed by atoms with Crippen LogP contribution in [0.5, 0.6) is 0 Å². The van der Waals surface area contributed by atoms with Crippen LogP contribution in [-0.2, 0) is 10.0 Å². The zero-order valence-corrected chi connectivity index (χ0v) is 15.9. The third kappa shape index (κ3) is 3.59. The molecular formula is C23H21NO2S. The van der Waals surface area contributed by atoms with Gasteiger partial charge in [0.05, 0.1) is 17.0 Å². The molecular weight excluding hydrogens is 354 g/mol. The Balaban J connectivity index is 1.68. The Hall–Kier alpha value is -2.69. The molecule has 1 fully saturated rings. The molecule has 0 spiro atoms. The largest absolute Gasteiger partial charge is 0.244 e. The van der Waals surface area contributed by atoms with Gasteiger partial charge in [0.15, 0.2) is 0 Å². The lowest BCUT2D eigenvalue weighted by molar-refractivity contribution is 0.550. The van der Waals surface area contributed by atoms with Crippen molar-refractivity contribution < 1.29 is 8.42 Å². The van der Waals surface area contributed by atoms with E-state index in [1.807, 2.05) is 79.7 Å². The SMILES string of the molecule is Cc1ccc([C@@H]2[C@H](/C=C/c3ccccc3)N2S(=O)(=O)c2ccccc2)cc1. The van der Waals surface area contributed by atoms with Gasteiger partial charge in [0.1, 0.15) is 0 Å². The van der Waals surface area contributed by atoms with Gasteiger partial charge in [-0.1, -0.05) is 90.5 Å². The van der Waals surface area contributed by atoms with Crippen molar-refractivity contribution in [2.45, 2.75) is 23.9 Å². The van der Waals surface area contributed by atoms with Gasteiger partial charge in [-0.15, -0.1) is 0 Å². The van der Waals surface area contributed by atoms with Crippen molar-refractivity contribution in [2.75, 3.05) is 0 Å². The third-order valence-electron chi connectivity index (χ3n) is 4.82. The molecule has 0 aliphatic carbocycles. The Morgan fingerprint density at radius 2 is 1.41 bits per heavy atom. The van der Waals surface area contributed by atoms with E-state index in [0.717, 1.165) is 16.7 Å². The molecule has 0 aromatic heterocycles. The lowest BCUT2D eigenvalue weighted by Crippen LogP contribution is -2.14. The predicted molar refractivity (Wildman–Crippen MR) is 109 cm³/mol. The summed E-state index contributed by atoms with van der Waals surface area (Å²) in [6.45, 7) is 2.03. The van der Waals surface area contributed by atoms with Crippen LogP contribution in [0.3, 0.4) is 0 Å². The fourth-order valence-corrected chi connectivity index (χ4v) is 5.07.